The van der Waals surface area contributed by atoms with E-state index >= 15 is 0 Å². The van der Waals surface area contributed by atoms with E-state index in [1.54, 1.807) is 6.07 Å². The Morgan fingerprint density at radius 1 is 1.06 bits per heavy atom. The molecule has 5 heteroatoms. The van der Waals surface area contributed by atoms with Gasteiger partial charge in [-0.3, -0.25) is 0 Å². The van der Waals surface area contributed by atoms with Crippen molar-refractivity contribution in [3.05, 3.63) is 58.1 Å². The molecule has 0 aliphatic carbocycles. The van der Waals surface area contributed by atoms with Gasteiger partial charge in [-0.05, 0) is 51.8 Å². The lowest BCUT2D eigenvalue weighted by Gasteiger charge is -2.08. The molecule has 0 aliphatic rings. The molecule has 18 heavy (non-hydrogen) atoms. The van der Waals surface area contributed by atoms with Gasteiger partial charge in [-0.2, -0.15) is 0 Å². The highest BCUT2D eigenvalue weighted by Crippen LogP contribution is 2.28. The summed E-state index contributed by atoms with van der Waals surface area (Å²) in [6.45, 7) is 0.263. The van der Waals surface area contributed by atoms with Gasteiger partial charge in [-0.1, -0.05) is 6.07 Å². The molecule has 0 aliphatic heterocycles. The van der Waals surface area contributed by atoms with Crippen molar-refractivity contribution in [3.63, 3.8) is 0 Å². The van der Waals surface area contributed by atoms with Crippen LogP contribution in [0.1, 0.15) is 5.56 Å². The van der Waals surface area contributed by atoms with Crippen LogP contribution in [0.2, 0.25) is 0 Å². The van der Waals surface area contributed by atoms with Gasteiger partial charge in [0.15, 0.2) is 11.6 Å². The van der Waals surface area contributed by atoms with Crippen molar-refractivity contribution in [1.29, 1.82) is 0 Å². The quantitative estimate of drug-likeness (QED) is 0.930. The Morgan fingerprint density at radius 3 is 2.44 bits per heavy atom. The average Bonchev–Trinajstić information content (AvgIpc) is 2.36. The number of halogens is 3. The van der Waals surface area contributed by atoms with Crippen LogP contribution < -0.4 is 10.5 Å². The Morgan fingerprint density at radius 2 is 1.83 bits per heavy atom. The Kier molecular flexibility index (Phi) is 3.93. The lowest BCUT2D eigenvalue weighted by Crippen LogP contribution is -1.97. The topological polar surface area (TPSA) is 35.2 Å². The SMILES string of the molecule is NCc1ccc(Oc2ccc(F)c(Br)c2)c(F)c1. The minimum Gasteiger partial charge on any atom is -0.454 e. The van der Waals surface area contributed by atoms with Gasteiger partial charge in [0, 0.05) is 6.54 Å². The fraction of sp³-hybridized carbons (Fsp3) is 0.0769. The van der Waals surface area contributed by atoms with Crippen molar-refractivity contribution in [3.8, 4) is 11.5 Å². The van der Waals surface area contributed by atoms with Gasteiger partial charge in [-0.25, -0.2) is 8.78 Å². The van der Waals surface area contributed by atoms with E-state index in [2.05, 4.69) is 15.9 Å². The highest BCUT2D eigenvalue weighted by Gasteiger charge is 2.07. The van der Waals surface area contributed by atoms with E-state index in [-0.39, 0.29) is 16.8 Å². The zero-order valence-corrected chi connectivity index (χ0v) is 10.9. The number of hydrogen-bond donors (Lipinski definition) is 1. The van der Waals surface area contributed by atoms with Gasteiger partial charge < -0.3 is 10.5 Å². The molecule has 0 fully saturated rings. The molecule has 0 atom stereocenters. The first-order valence-corrected chi connectivity index (χ1v) is 6.01. The highest BCUT2D eigenvalue weighted by atomic mass is 79.9. The lowest BCUT2D eigenvalue weighted by atomic mass is 10.2. The van der Waals surface area contributed by atoms with Crippen LogP contribution >= 0.6 is 15.9 Å². The molecule has 0 heterocycles. The van der Waals surface area contributed by atoms with Crippen LogP contribution in [0.3, 0.4) is 0 Å². The second kappa shape index (κ2) is 5.46. The summed E-state index contributed by atoms with van der Waals surface area (Å²) in [5.74, 6) is -0.479. The van der Waals surface area contributed by atoms with Crippen LogP contribution in [0.4, 0.5) is 8.78 Å². The molecule has 0 radical (unpaired) electrons. The molecule has 0 aromatic heterocycles. The summed E-state index contributed by atoms with van der Waals surface area (Å²) in [5, 5.41) is 0. The molecule has 0 saturated carbocycles. The van der Waals surface area contributed by atoms with Crippen molar-refractivity contribution in [1.82, 2.24) is 0 Å². The Hall–Kier alpha value is -1.46. The summed E-state index contributed by atoms with van der Waals surface area (Å²) >= 11 is 3.04. The van der Waals surface area contributed by atoms with Gasteiger partial charge in [0.2, 0.25) is 0 Å². The molecule has 2 aromatic carbocycles. The first-order valence-electron chi connectivity index (χ1n) is 5.21. The van der Waals surface area contributed by atoms with Gasteiger partial charge in [0.05, 0.1) is 4.47 Å². The highest BCUT2D eigenvalue weighted by molar-refractivity contribution is 9.10. The molecule has 0 saturated heterocycles. The van der Waals surface area contributed by atoms with E-state index in [0.29, 0.717) is 11.3 Å². The van der Waals surface area contributed by atoms with Crippen LogP contribution in [0.15, 0.2) is 40.9 Å². The third-order valence-electron chi connectivity index (χ3n) is 2.35. The minimum absolute atomic E-state index is 0.0747. The van der Waals surface area contributed by atoms with Crippen LogP contribution in [0.25, 0.3) is 0 Å². The number of benzene rings is 2. The van der Waals surface area contributed by atoms with E-state index in [9.17, 15) is 8.78 Å². The Bertz CT molecular complexity index is 575. The molecule has 2 nitrogen and oxygen atoms in total. The Balaban J connectivity index is 2.25. The summed E-state index contributed by atoms with van der Waals surface area (Å²) in [4.78, 5) is 0. The Labute approximate surface area is 112 Å². The summed E-state index contributed by atoms with van der Waals surface area (Å²) in [6, 6.07) is 8.59. The summed E-state index contributed by atoms with van der Waals surface area (Å²) in [6.07, 6.45) is 0. The zero-order valence-electron chi connectivity index (χ0n) is 9.29. The molecule has 0 amide bonds. The van der Waals surface area contributed by atoms with Crippen LogP contribution in [-0.2, 0) is 6.54 Å². The molecule has 0 bridgehead atoms. The maximum absolute atomic E-state index is 13.6. The first kappa shape index (κ1) is 13.0. The normalized spacial score (nSPS) is 10.4. The monoisotopic (exact) mass is 313 g/mol. The largest absolute Gasteiger partial charge is 0.454 e. The molecular formula is C13H10BrF2NO. The second-order valence-corrected chi connectivity index (χ2v) is 4.50. The van der Waals surface area contributed by atoms with E-state index in [0.717, 1.165) is 0 Å². The van der Waals surface area contributed by atoms with E-state index in [1.165, 1.54) is 30.3 Å². The van der Waals surface area contributed by atoms with Gasteiger partial charge >= 0.3 is 0 Å². The smallest absolute Gasteiger partial charge is 0.166 e. The van der Waals surface area contributed by atoms with Crippen LogP contribution in [0, 0.1) is 11.6 Å². The fourth-order valence-corrected chi connectivity index (χ4v) is 1.78. The van der Waals surface area contributed by atoms with Gasteiger partial charge in [0.1, 0.15) is 11.6 Å². The zero-order chi connectivity index (χ0) is 13.1. The third-order valence-corrected chi connectivity index (χ3v) is 2.96. The molecular weight excluding hydrogens is 304 g/mol. The third kappa shape index (κ3) is 2.86. The molecule has 0 spiro atoms. The van der Waals surface area contributed by atoms with Crippen molar-refractivity contribution in [2.75, 3.05) is 0 Å². The number of ether oxygens (including phenoxy) is 1. The first-order chi connectivity index (χ1) is 8.60. The summed E-state index contributed by atoms with van der Waals surface area (Å²) in [5.41, 5.74) is 6.08. The molecule has 0 unspecified atom stereocenters. The van der Waals surface area contributed by atoms with Crippen LogP contribution in [0.5, 0.6) is 11.5 Å². The molecule has 2 rings (SSSR count). The summed E-state index contributed by atoms with van der Waals surface area (Å²) < 4.78 is 32.3. The van der Waals surface area contributed by atoms with Crippen molar-refractivity contribution >= 4 is 15.9 Å². The maximum atomic E-state index is 13.6. The van der Waals surface area contributed by atoms with Crippen LogP contribution in [-0.4, -0.2) is 0 Å². The number of rotatable bonds is 3. The van der Waals surface area contributed by atoms with Crippen molar-refractivity contribution in [2.24, 2.45) is 5.73 Å². The minimum atomic E-state index is -0.501. The maximum Gasteiger partial charge on any atom is 0.166 e. The van der Waals surface area contributed by atoms with E-state index < -0.39 is 11.6 Å². The molecule has 2 aromatic rings. The van der Waals surface area contributed by atoms with Gasteiger partial charge in [0.25, 0.3) is 0 Å². The fourth-order valence-electron chi connectivity index (χ4n) is 1.42. The number of nitrogens with two attached hydrogens (primary N) is 1. The average molecular weight is 314 g/mol. The molecule has 2 N–H and O–H groups in total. The second-order valence-electron chi connectivity index (χ2n) is 3.65. The lowest BCUT2D eigenvalue weighted by molar-refractivity contribution is 0.440. The van der Waals surface area contributed by atoms with Gasteiger partial charge in [-0.15, -0.1) is 0 Å². The van der Waals surface area contributed by atoms with E-state index in [1.807, 2.05) is 0 Å². The number of hydrogen-bond acceptors (Lipinski definition) is 2. The predicted molar refractivity (Wildman–Crippen MR) is 68.5 cm³/mol. The predicted octanol–water partition coefficient (Wildman–Crippen LogP) is 3.98. The molecule has 94 valence electrons. The standard InChI is InChI=1S/C13H10BrF2NO/c14-10-6-9(2-3-11(10)15)18-13-4-1-8(7-17)5-12(13)16/h1-6H,7,17H2. The van der Waals surface area contributed by atoms with Crippen molar-refractivity contribution < 1.29 is 13.5 Å². The van der Waals surface area contributed by atoms with Crippen molar-refractivity contribution in [2.45, 2.75) is 6.54 Å². The summed E-state index contributed by atoms with van der Waals surface area (Å²) in [7, 11) is 0. The van der Waals surface area contributed by atoms with E-state index in [4.69, 9.17) is 10.5 Å².